The molecule has 0 aliphatic rings. The standard InChI is InChI=1S/C25H17ClFN5O2/c26-18-4-6-19(7-5-18)32-25(33)24(23(14-30-32)31-12-11-29-15-31)34-20-8-1-16(2-9-20)17-3-10-21(27)22(28)13-17/h1-15H,28H2. The fraction of sp³-hybridized carbons (Fsp3) is 0. The number of ether oxygens (including phenoxy) is 1. The van der Waals surface area contributed by atoms with Gasteiger partial charge in [0, 0.05) is 17.4 Å². The predicted octanol–water partition coefficient (Wildman–Crippen LogP) is 5.25. The first kappa shape index (κ1) is 21.4. The lowest BCUT2D eigenvalue weighted by Crippen LogP contribution is -2.23. The summed E-state index contributed by atoms with van der Waals surface area (Å²) in [6, 6.07) is 18.3. The van der Waals surface area contributed by atoms with Gasteiger partial charge in [-0.15, -0.1) is 0 Å². The van der Waals surface area contributed by atoms with Crippen molar-refractivity contribution in [2.24, 2.45) is 0 Å². The summed E-state index contributed by atoms with van der Waals surface area (Å²) in [6.45, 7) is 0. The van der Waals surface area contributed by atoms with Crippen LogP contribution in [0.2, 0.25) is 5.02 Å². The van der Waals surface area contributed by atoms with E-state index >= 15 is 0 Å². The fourth-order valence-corrected chi connectivity index (χ4v) is 3.56. The van der Waals surface area contributed by atoms with E-state index in [0.717, 1.165) is 11.1 Å². The molecule has 5 rings (SSSR count). The largest absolute Gasteiger partial charge is 0.449 e. The van der Waals surface area contributed by atoms with Crippen molar-refractivity contribution in [2.45, 2.75) is 0 Å². The number of hydrogen-bond acceptors (Lipinski definition) is 5. The van der Waals surface area contributed by atoms with E-state index in [0.29, 0.717) is 22.1 Å². The summed E-state index contributed by atoms with van der Waals surface area (Å²) < 4.78 is 22.4. The molecule has 0 radical (unpaired) electrons. The number of anilines is 1. The molecule has 0 fully saturated rings. The molecule has 5 aromatic rings. The highest BCUT2D eigenvalue weighted by Gasteiger charge is 2.17. The number of halogens is 2. The number of nitrogens with zero attached hydrogens (tertiary/aromatic N) is 4. The summed E-state index contributed by atoms with van der Waals surface area (Å²) in [5, 5.41) is 4.84. The molecule has 0 amide bonds. The first-order valence-corrected chi connectivity index (χ1v) is 10.6. The van der Waals surface area contributed by atoms with Crippen molar-refractivity contribution in [3.63, 3.8) is 0 Å². The molecule has 9 heteroatoms. The molecular formula is C25H17ClFN5O2. The van der Waals surface area contributed by atoms with Crippen LogP contribution in [0.25, 0.3) is 22.5 Å². The molecule has 0 aliphatic carbocycles. The molecule has 2 aromatic heterocycles. The molecule has 0 saturated heterocycles. The Morgan fingerprint density at radius 1 is 0.971 bits per heavy atom. The SMILES string of the molecule is Nc1cc(-c2ccc(Oc3c(-n4ccnc4)cnn(-c4ccc(Cl)cc4)c3=O)cc2)ccc1F. The van der Waals surface area contributed by atoms with Gasteiger partial charge >= 0.3 is 5.56 Å². The van der Waals surface area contributed by atoms with E-state index in [4.69, 9.17) is 22.1 Å². The van der Waals surface area contributed by atoms with Crippen LogP contribution >= 0.6 is 11.6 Å². The second kappa shape index (κ2) is 8.84. The Hall–Kier alpha value is -4.43. The van der Waals surface area contributed by atoms with Crippen molar-refractivity contribution in [3.8, 4) is 34.0 Å². The zero-order chi connectivity index (χ0) is 23.7. The van der Waals surface area contributed by atoms with Gasteiger partial charge in [0.1, 0.15) is 17.3 Å². The van der Waals surface area contributed by atoms with Crippen molar-refractivity contribution in [2.75, 3.05) is 5.73 Å². The van der Waals surface area contributed by atoms with Crippen molar-refractivity contribution in [1.29, 1.82) is 0 Å². The Balaban J connectivity index is 1.54. The number of benzene rings is 3. The van der Waals surface area contributed by atoms with E-state index in [1.54, 1.807) is 84.0 Å². The minimum atomic E-state index is -0.467. The molecule has 0 spiro atoms. The number of nitrogen functional groups attached to an aromatic ring is 1. The molecule has 0 bridgehead atoms. The van der Waals surface area contributed by atoms with Crippen LogP contribution in [0.4, 0.5) is 10.1 Å². The number of rotatable bonds is 5. The minimum absolute atomic E-state index is 0.0710. The van der Waals surface area contributed by atoms with E-state index in [2.05, 4.69) is 10.1 Å². The quantitative estimate of drug-likeness (QED) is 0.352. The number of aromatic nitrogens is 4. The highest BCUT2D eigenvalue weighted by atomic mass is 35.5. The Kier molecular flexibility index (Phi) is 5.57. The van der Waals surface area contributed by atoms with Gasteiger partial charge in [0.2, 0.25) is 5.75 Å². The van der Waals surface area contributed by atoms with E-state index in [9.17, 15) is 9.18 Å². The smallest absolute Gasteiger partial charge is 0.316 e. The van der Waals surface area contributed by atoms with Crippen molar-refractivity contribution in [3.05, 3.63) is 113 Å². The lowest BCUT2D eigenvalue weighted by molar-refractivity contribution is 0.464. The van der Waals surface area contributed by atoms with Crippen LogP contribution in [0, 0.1) is 5.82 Å². The van der Waals surface area contributed by atoms with Gasteiger partial charge < -0.3 is 15.0 Å². The fourth-order valence-electron chi connectivity index (χ4n) is 3.43. The molecule has 7 nitrogen and oxygen atoms in total. The average molecular weight is 474 g/mol. The third kappa shape index (κ3) is 4.14. The van der Waals surface area contributed by atoms with Crippen LogP contribution in [-0.4, -0.2) is 19.3 Å². The number of imidazole rings is 1. The van der Waals surface area contributed by atoms with E-state index < -0.39 is 11.4 Å². The minimum Gasteiger partial charge on any atom is -0.449 e. The molecule has 168 valence electrons. The summed E-state index contributed by atoms with van der Waals surface area (Å²) in [5.41, 5.74) is 7.86. The molecule has 3 aromatic carbocycles. The Morgan fingerprint density at radius 2 is 1.71 bits per heavy atom. The predicted molar refractivity (Wildman–Crippen MR) is 128 cm³/mol. The van der Waals surface area contributed by atoms with Crippen LogP contribution in [0.3, 0.4) is 0 Å². The molecular weight excluding hydrogens is 457 g/mol. The maximum atomic E-state index is 13.5. The van der Waals surface area contributed by atoms with Gasteiger partial charge in [0.05, 0.1) is 23.9 Å². The first-order valence-electron chi connectivity index (χ1n) is 10.2. The van der Waals surface area contributed by atoms with Gasteiger partial charge in [0.25, 0.3) is 0 Å². The van der Waals surface area contributed by atoms with Crippen LogP contribution in [0.5, 0.6) is 11.5 Å². The molecule has 34 heavy (non-hydrogen) atoms. The first-order chi connectivity index (χ1) is 16.5. The molecule has 0 saturated carbocycles. The van der Waals surface area contributed by atoms with Crippen LogP contribution < -0.4 is 16.0 Å². The number of hydrogen-bond donors (Lipinski definition) is 1. The average Bonchev–Trinajstić information content (AvgIpc) is 3.38. The van der Waals surface area contributed by atoms with Gasteiger partial charge in [-0.2, -0.15) is 9.78 Å². The molecule has 0 aliphatic heterocycles. The molecule has 2 N–H and O–H groups in total. The maximum absolute atomic E-state index is 13.5. The Morgan fingerprint density at radius 3 is 2.38 bits per heavy atom. The van der Waals surface area contributed by atoms with E-state index in [-0.39, 0.29) is 11.4 Å². The summed E-state index contributed by atoms with van der Waals surface area (Å²) in [5.74, 6) is 0.0401. The summed E-state index contributed by atoms with van der Waals surface area (Å²) in [4.78, 5) is 17.4. The van der Waals surface area contributed by atoms with Crippen molar-refractivity contribution >= 4 is 17.3 Å². The Labute approximate surface area is 198 Å². The summed E-state index contributed by atoms with van der Waals surface area (Å²) in [6.07, 6.45) is 6.37. The summed E-state index contributed by atoms with van der Waals surface area (Å²) >= 11 is 5.98. The second-order valence-corrected chi connectivity index (χ2v) is 7.82. The Bertz CT molecular complexity index is 1520. The summed E-state index contributed by atoms with van der Waals surface area (Å²) in [7, 11) is 0. The van der Waals surface area contributed by atoms with E-state index in [1.165, 1.54) is 16.9 Å². The third-order valence-corrected chi connectivity index (χ3v) is 5.42. The van der Waals surface area contributed by atoms with Gasteiger partial charge in [-0.1, -0.05) is 29.8 Å². The van der Waals surface area contributed by atoms with Gasteiger partial charge in [-0.25, -0.2) is 9.37 Å². The van der Waals surface area contributed by atoms with Gasteiger partial charge in [-0.3, -0.25) is 4.79 Å². The lowest BCUT2D eigenvalue weighted by atomic mass is 10.0. The van der Waals surface area contributed by atoms with Gasteiger partial charge in [0.15, 0.2) is 0 Å². The molecule has 0 unspecified atom stereocenters. The lowest BCUT2D eigenvalue weighted by Gasteiger charge is -2.14. The van der Waals surface area contributed by atoms with Crippen molar-refractivity contribution < 1.29 is 9.13 Å². The van der Waals surface area contributed by atoms with Crippen LogP contribution in [0.15, 0.2) is 96.4 Å². The maximum Gasteiger partial charge on any atom is 0.316 e. The zero-order valence-electron chi connectivity index (χ0n) is 17.6. The third-order valence-electron chi connectivity index (χ3n) is 5.17. The van der Waals surface area contributed by atoms with E-state index in [1.807, 2.05) is 0 Å². The van der Waals surface area contributed by atoms with Crippen LogP contribution in [0.1, 0.15) is 0 Å². The van der Waals surface area contributed by atoms with Crippen molar-refractivity contribution in [1.82, 2.24) is 19.3 Å². The topological polar surface area (TPSA) is 88.0 Å². The number of nitrogens with two attached hydrogens (primary N) is 1. The monoisotopic (exact) mass is 473 g/mol. The highest BCUT2D eigenvalue weighted by Crippen LogP contribution is 2.29. The van der Waals surface area contributed by atoms with Crippen LogP contribution in [-0.2, 0) is 0 Å². The van der Waals surface area contributed by atoms with Gasteiger partial charge in [-0.05, 0) is 59.7 Å². The zero-order valence-corrected chi connectivity index (χ0v) is 18.4. The second-order valence-electron chi connectivity index (χ2n) is 7.38. The normalized spacial score (nSPS) is 10.9. The molecule has 2 heterocycles. The molecule has 0 atom stereocenters. The highest BCUT2D eigenvalue weighted by molar-refractivity contribution is 6.30.